The molecular formula is C25H23N5O3. The molecule has 3 aromatic heterocycles. The maximum Gasteiger partial charge on any atom is 0.332 e. The van der Waals surface area contributed by atoms with E-state index in [-0.39, 0.29) is 6.54 Å². The fourth-order valence-electron chi connectivity index (χ4n) is 4.11. The van der Waals surface area contributed by atoms with Gasteiger partial charge >= 0.3 is 5.69 Å². The highest BCUT2D eigenvalue weighted by atomic mass is 16.5. The predicted octanol–water partition coefficient (Wildman–Crippen LogP) is 3.39. The summed E-state index contributed by atoms with van der Waals surface area (Å²) in [6.45, 7) is 6.32. The van der Waals surface area contributed by atoms with Gasteiger partial charge in [0.05, 0.1) is 12.3 Å². The molecule has 0 fully saturated rings. The number of rotatable bonds is 6. The minimum absolute atomic E-state index is 0.125. The van der Waals surface area contributed by atoms with Gasteiger partial charge in [0.25, 0.3) is 5.56 Å². The van der Waals surface area contributed by atoms with E-state index in [4.69, 9.17) is 9.72 Å². The van der Waals surface area contributed by atoms with Gasteiger partial charge in [0.15, 0.2) is 11.2 Å². The van der Waals surface area contributed by atoms with Crippen LogP contribution in [0, 0.1) is 0 Å². The molecule has 0 radical (unpaired) electrons. The van der Waals surface area contributed by atoms with E-state index >= 15 is 0 Å². The van der Waals surface area contributed by atoms with Crippen molar-refractivity contribution >= 4 is 16.9 Å². The molecule has 0 aliphatic heterocycles. The molecule has 0 bridgehead atoms. The van der Waals surface area contributed by atoms with Crippen LogP contribution in [-0.4, -0.2) is 29.7 Å². The van der Waals surface area contributed by atoms with E-state index in [0.29, 0.717) is 23.5 Å². The van der Waals surface area contributed by atoms with Gasteiger partial charge in [-0.3, -0.25) is 22.9 Å². The van der Waals surface area contributed by atoms with E-state index in [9.17, 15) is 9.59 Å². The van der Waals surface area contributed by atoms with Crippen LogP contribution in [0.5, 0.6) is 5.75 Å². The van der Waals surface area contributed by atoms with E-state index < -0.39 is 11.2 Å². The third-order valence-electron chi connectivity index (χ3n) is 5.64. The SMILES string of the molecule is C=CCn1c(=O)c2c(nc3n(-c4ccc(OCC)cc4)c(-c4ccccc4)cn23)n(C)c1=O. The molecule has 5 aromatic rings. The number of aryl methyl sites for hydroxylation is 1. The lowest BCUT2D eigenvalue weighted by atomic mass is 10.1. The largest absolute Gasteiger partial charge is 0.494 e. The Morgan fingerprint density at radius 2 is 1.79 bits per heavy atom. The number of ether oxygens (including phenoxy) is 1. The highest BCUT2D eigenvalue weighted by Gasteiger charge is 2.22. The molecule has 0 atom stereocenters. The van der Waals surface area contributed by atoms with Gasteiger partial charge in [0.2, 0.25) is 5.78 Å². The Morgan fingerprint density at radius 3 is 2.45 bits per heavy atom. The van der Waals surface area contributed by atoms with Crippen LogP contribution in [0.2, 0.25) is 0 Å². The van der Waals surface area contributed by atoms with Crippen LogP contribution in [0.3, 0.4) is 0 Å². The highest BCUT2D eigenvalue weighted by molar-refractivity contribution is 5.79. The van der Waals surface area contributed by atoms with Crippen molar-refractivity contribution in [2.45, 2.75) is 13.5 Å². The molecule has 0 saturated carbocycles. The summed E-state index contributed by atoms with van der Waals surface area (Å²) in [6, 6.07) is 17.6. The topological polar surface area (TPSA) is 75.5 Å². The van der Waals surface area contributed by atoms with Crippen LogP contribution in [-0.2, 0) is 13.6 Å². The lowest BCUT2D eigenvalue weighted by Gasteiger charge is -2.10. The third-order valence-corrected chi connectivity index (χ3v) is 5.64. The Hall–Kier alpha value is -4.33. The first kappa shape index (κ1) is 20.6. The smallest absolute Gasteiger partial charge is 0.332 e. The van der Waals surface area contributed by atoms with Crippen molar-refractivity contribution in [2.24, 2.45) is 7.05 Å². The second-order valence-electron chi connectivity index (χ2n) is 7.64. The Morgan fingerprint density at radius 1 is 1.06 bits per heavy atom. The summed E-state index contributed by atoms with van der Waals surface area (Å²) in [5.74, 6) is 1.31. The van der Waals surface area contributed by atoms with E-state index in [1.165, 1.54) is 15.2 Å². The molecule has 5 rings (SSSR count). The average Bonchev–Trinajstić information content (AvgIpc) is 3.38. The maximum absolute atomic E-state index is 13.3. The van der Waals surface area contributed by atoms with Crippen LogP contribution >= 0.6 is 0 Å². The average molecular weight is 441 g/mol. The molecule has 0 N–H and O–H groups in total. The van der Waals surface area contributed by atoms with E-state index in [1.54, 1.807) is 11.4 Å². The molecule has 2 aromatic carbocycles. The van der Waals surface area contributed by atoms with Gasteiger partial charge in [-0.1, -0.05) is 36.4 Å². The first-order chi connectivity index (χ1) is 16.0. The fraction of sp³-hybridized carbons (Fsp3) is 0.160. The van der Waals surface area contributed by atoms with Gasteiger partial charge in [-0.05, 0) is 31.2 Å². The van der Waals surface area contributed by atoms with E-state index in [1.807, 2.05) is 72.3 Å². The molecule has 0 amide bonds. The molecule has 0 saturated heterocycles. The van der Waals surface area contributed by atoms with E-state index in [0.717, 1.165) is 22.7 Å². The van der Waals surface area contributed by atoms with Crippen molar-refractivity contribution < 1.29 is 4.74 Å². The Balaban J connectivity index is 1.88. The van der Waals surface area contributed by atoms with Gasteiger partial charge < -0.3 is 4.74 Å². The van der Waals surface area contributed by atoms with Gasteiger partial charge in [-0.15, -0.1) is 6.58 Å². The molecule has 33 heavy (non-hydrogen) atoms. The Kier molecular flexibility index (Phi) is 4.97. The van der Waals surface area contributed by atoms with Crippen LogP contribution in [0.1, 0.15) is 6.92 Å². The molecule has 8 heteroatoms. The summed E-state index contributed by atoms with van der Waals surface area (Å²) < 4.78 is 11.9. The quantitative estimate of drug-likeness (QED) is 0.379. The Bertz CT molecular complexity index is 1600. The van der Waals surface area contributed by atoms with Crippen molar-refractivity contribution in [3.63, 3.8) is 0 Å². The minimum Gasteiger partial charge on any atom is -0.494 e. The van der Waals surface area contributed by atoms with Crippen molar-refractivity contribution in [2.75, 3.05) is 6.61 Å². The number of nitrogens with zero attached hydrogens (tertiary/aromatic N) is 5. The third kappa shape index (κ3) is 3.18. The van der Waals surface area contributed by atoms with E-state index in [2.05, 4.69) is 6.58 Å². The normalized spacial score (nSPS) is 11.3. The monoisotopic (exact) mass is 441 g/mol. The number of aromatic nitrogens is 5. The van der Waals surface area contributed by atoms with Gasteiger partial charge in [0.1, 0.15) is 5.75 Å². The summed E-state index contributed by atoms with van der Waals surface area (Å²) in [5, 5.41) is 0. The molecule has 3 heterocycles. The second kappa shape index (κ2) is 7.98. The van der Waals surface area contributed by atoms with Crippen LogP contribution < -0.4 is 16.0 Å². The summed E-state index contributed by atoms with van der Waals surface area (Å²) in [7, 11) is 1.62. The first-order valence-corrected chi connectivity index (χ1v) is 10.7. The standard InChI is InChI=1S/C25H23N5O3/c1-4-15-28-23(31)21-22(27(3)25(28)32)26-24-29(21)16-20(17-9-7-6-8-10-17)30(24)18-11-13-19(14-12-18)33-5-2/h4,6-14,16H,1,5,15H2,2-3H3. The van der Waals surface area contributed by atoms with Gasteiger partial charge in [0, 0.05) is 31.0 Å². The number of hydrogen-bond donors (Lipinski definition) is 0. The molecular weight excluding hydrogens is 418 g/mol. The molecule has 0 spiro atoms. The lowest BCUT2D eigenvalue weighted by Crippen LogP contribution is -2.39. The van der Waals surface area contributed by atoms with Crippen LogP contribution in [0.4, 0.5) is 0 Å². The molecule has 0 aliphatic carbocycles. The lowest BCUT2D eigenvalue weighted by molar-refractivity contribution is 0.340. The molecule has 166 valence electrons. The molecule has 0 unspecified atom stereocenters. The summed E-state index contributed by atoms with van der Waals surface area (Å²) >= 11 is 0. The number of imidazole rings is 2. The molecule has 0 aliphatic rings. The summed E-state index contributed by atoms with van der Waals surface area (Å²) in [5.41, 5.74) is 2.55. The van der Waals surface area contributed by atoms with Crippen LogP contribution in [0.15, 0.2) is 83.0 Å². The fourth-order valence-corrected chi connectivity index (χ4v) is 4.11. The van der Waals surface area contributed by atoms with Gasteiger partial charge in [-0.25, -0.2) is 4.79 Å². The number of hydrogen-bond acceptors (Lipinski definition) is 4. The zero-order valence-electron chi connectivity index (χ0n) is 18.4. The Labute approximate surface area is 189 Å². The number of fused-ring (bicyclic) bond motifs is 3. The number of benzene rings is 2. The zero-order chi connectivity index (χ0) is 23.1. The van der Waals surface area contributed by atoms with Crippen molar-refractivity contribution in [3.8, 4) is 22.7 Å². The van der Waals surface area contributed by atoms with Crippen molar-refractivity contribution in [1.82, 2.24) is 23.1 Å². The second-order valence-corrected chi connectivity index (χ2v) is 7.64. The van der Waals surface area contributed by atoms with Crippen LogP contribution in [0.25, 0.3) is 33.9 Å². The molecule has 8 nitrogen and oxygen atoms in total. The van der Waals surface area contributed by atoms with Crippen molar-refractivity contribution in [1.29, 1.82) is 0 Å². The number of allylic oxidation sites excluding steroid dienone is 1. The van der Waals surface area contributed by atoms with Gasteiger partial charge in [-0.2, -0.15) is 4.98 Å². The zero-order valence-corrected chi connectivity index (χ0v) is 18.4. The predicted molar refractivity (Wildman–Crippen MR) is 128 cm³/mol. The first-order valence-electron chi connectivity index (χ1n) is 10.7. The summed E-state index contributed by atoms with van der Waals surface area (Å²) in [6.07, 6.45) is 3.42. The van der Waals surface area contributed by atoms with Crippen molar-refractivity contribution in [3.05, 3.63) is 94.3 Å². The highest BCUT2D eigenvalue weighted by Crippen LogP contribution is 2.29. The minimum atomic E-state index is -0.427. The summed E-state index contributed by atoms with van der Waals surface area (Å²) in [4.78, 5) is 30.8. The maximum atomic E-state index is 13.3.